The molecule has 0 aliphatic carbocycles. The molecule has 0 spiro atoms. The van der Waals surface area contributed by atoms with Crippen molar-refractivity contribution in [1.29, 1.82) is 0 Å². The van der Waals surface area contributed by atoms with Gasteiger partial charge < -0.3 is 10.6 Å². The van der Waals surface area contributed by atoms with Gasteiger partial charge in [0, 0.05) is 34.3 Å². The van der Waals surface area contributed by atoms with E-state index < -0.39 is 5.82 Å². The third-order valence-corrected chi connectivity index (χ3v) is 5.83. The van der Waals surface area contributed by atoms with Gasteiger partial charge in [0.2, 0.25) is 11.8 Å². The second-order valence-corrected chi connectivity index (χ2v) is 9.82. The Morgan fingerprint density at radius 2 is 1.81 bits per heavy atom. The zero-order valence-electron chi connectivity index (χ0n) is 18.9. The van der Waals surface area contributed by atoms with E-state index >= 15 is 0 Å². The first-order valence-electron chi connectivity index (χ1n) is 11.0. The average molecular weight is 460 g/mol. The second kappa shape index (κ2) is 10.5. The highest BCUT2D eigenvalue weighted by Crippen LogP contribution is 2.22. The molecule has 0 bridgehead atoms. The Hall–Kier alpha value is -2.44. The Morgan fingerprint density at radius 1 is 1.12 bits per heavy atom. The molecule has 5 nitrogen and oxygen atoms in total. The number of carbonyl (C=O) groups is 2. The van der Waals surface area contributed by atoms with Gasteiger partial charge in [0.05, 0.1) is 6.42 Å². The largest absolute Gasteiger partial charge is 0.351 e. The maximum atomic E-state index is 13.9. The van der Waals surface area contributed by atoms with Crippen LogP contribution < -0.4 is 10.6 Å². The van der Waals surface area contributed by atoms with Gasteiger partial charge in [-0.1, -0.05) is 29.8 Å². The molecule has 0 saturated carbocycles. The highest BCUT2D eigenvalue weighted by atomic mass is 35.5. The first-order valence-corrected chi connectivity index (χ1v) is 11.3. The van der Waals surface area contributed by atoms with Gasteiger partial charge in [-0.05, 0) is 76.5 Å². The number of likely N-dealkylation sites (tertiary alicyclic amines) is 1. The molecule has 0 atom stereocenters. The number of piperidine rings is 1. The van der Waals surface area contributed by atoms with Gasteiger partial charge in [-0.25, -0.2) is 4.39 Å². The van der Waals surface area contributed by atoms with E-state index in [1.165, 1.54) is 12.1 Å². The summed E-state index contributed by atoms with van der Waals surface area (Å²) in [6.45, 7) is 8.44. The van der Waals surface area contributed by atoms with Gasteiger partial charge in [-0.3, -0.25) is 14.5 Å². The first kappa shape index (κ1) is 24.2. The molecule has 2 aromatic carbocycles. The number of hydrogen-bond donors (Lipinski definition) is 2. The number of anilines is 1. The van der Waals surface area contributed by atoms with Gasteiger partial charge in [-0.2, -0.15) is 0 Å². The fraction of sp³-hybridized carbons (Fsp3) is 0.440. The number of nitrogens with one attached hydrogen (secondary N) is 2. The lowest BCUT2D eigenvalue weighted by Gasteiger charge is -2.33. The summed E-state index contributed by atoms with van der Waals surface area (Å²) in [7, 11) is 0. The maximum absolute atomic E-state index is 13.9. The number of amides is 2. The maximum Gasteiger partial charge on any atom is 0.228 e. The van der Waals surface area contributed by atoms with Crippen molar-refractivity contribution in [3.8, 4) is 0 Å². The Bertz CT molecular complexity index is 946. The summed E-state index contributed by atoms with van der Waals surface area (Å²) < 4.78 is 13.9. The van der Waals surface area contributed by atoms with Crippen LogP contribution in [-0.4, -0.2) is 35.3 Å². The SMILES string of the molecule is CC(C)(C)NC(=O)C1CCN(Cc2cccc(NC(=O)Cc3c(F)cccc3Cl)c2)CC1. The van der Waals surface area contributed by atoms with E-state index in [-0.39, 0.29) is 40.3 Å². The molecule has 7 heteroatoms. The summed E-state index contributed by atoms with van der Waals surface area (Å²) in [5.41, 5.74) is 1.72. The lowest BCUT2D eigenvalue weighted by molar-refractivity contribution is -0.128. The molecule has 1 aliphatic rings. The van der Waals surface area contributed by atoms with Crippen LogP contribution in [0.4, 0.5) is 10.1 Å². The number of nitrogens with zero attached hydrogens (tertiary/aromatic N) is 1. The predicted molar refractivity (Wildman–Crippen MR) is 126 cm³/mol. The zero-order valence-corrected chi connectivity index (χ0v) is 19.6. The van der Waals surface area contributed by atoms with Crippen molar-refractivity contribution < 1.29 is 14.0 Å². The van der Waals surface area contributed by atoms with Crippen molar-refractivity contribution in [1.82, 2.24) is 10.2 Å². The summed E-state index contributed by atoms with van der Waals surface area (Å²) in [5, 5.41) is 6.15. The minimum absolute atomic E-state index is 0.0568. The Labute approximate surface area is 194 Å². The molecular formula is C25H31ClFN3O2. The van der Waals surface area contributed by atoms with Crippen LogP contribution in [0.25, 0.3) is 0 Å². The number of carbonyl (C=O) groups excluding carboxylic acids is 2. The van der Waals surface area contributed by atoms with Gasteiger partial charge in [-0.15, -0.1) is 0 Å². The fourth-order valence-corrected chi connectivity index (χ4v) is 4.13. The van der Waals surface area contributed by atoms with Crippen molar-refractivity contribution in [3.63, 3.8) is 0 Å². The second-order valence-electron chi connectivity index (χ2n) is 9.42. The normalized spacial score (nSPS) is 15.4. The van der Waals surface area contributed by atoms with E-state index in [4.69, 9.17) is 11.6 Å². The van der Waals surface area contributed by atoms with E-state index in [9.17, 15) is 14.0 Å². The van der Waals surface area contributed by atoms with Crippen molar-refractivity contribution >= 4 is 29.1 Å². The van der Waals surface area contributed by atoms with Crippen LogP contribution >= 0.6 is 11.6 Å². The van der Waals surface area contributed by atoms with Gasteiger partial charge in [0.25, 0.3) is 0 Å². The number of benzene rings is 2. The lowest BCUT2D eigenvalue weighted by Crippen LogP contribution is -2.46. The Morgan fingerprint density at radius 3 is 2.47 bits per heavy atom. The molecule has 32 heavy (non-hydrogen) atoms. The smallest absolute Gasteiger partial charge is 0.228 e. The number of halogens is 2. The molecule has 2 N–H and O–H groups in total. The van der Waals surface area contributed by atoms with Crippen molar-refractivity contribution in [3.05, 3.63) is 64.4 Å². The molecule has 1 fully saturated rings. The van der Waals surface area contributed by atoms with Crippen LogP contribution in [0.3, 0.4) is 0 Å². The van der Waals surface area contributed by atoms with Gasteiger partial charge in [0.1, 0.15) is 5.82 Å². The van der Waals surface area contributed by atoms with Crippen LogP contribution in [0, 0.1) is 11.7 Å². The van der Waals surface area contributed by atoms with E-state index in [1.54, 1.807) is 6.07 Å². The third-order valence-electron chi connectivity index (χ3n) is 5.47. The standard InChI is InChI=1S/C25H31ClFN3O2/c1-25(2,3)29-24(32)18-10-12-30(13-11-18)16-17-6-4-7-19(14-17)28-23(31)15-20-21(26)8-5-9-22(20)27/h4-9,14,18H,10-13,15-16H2,1-3H3,(H,28,31)(H,29,32). The quantitative estimate of drug-likeness (QED) is 0.653. The molecule has 1 aliphatic heterocycles. The van der Waals surface area contributed by atoms with Crippen LogP contribution in [0.15, 0.2) is 42.5 Å². The molecule has 1 saturated heterocycles. The third kappa shape index (κ3) is 7.04. The van der Waals surface area contributed by atoms with Crippen molar-refractivity contribution in [2.75, 3.05) is 18.4 Å². The topological polar surface area (TPSA) is 61.4 Å². The monoisotopic (exact) mass is 459 g/mol. The Kier molecular flexibility index (Phi) is 7.91. The summed E-state index contributed by atoms with van der Waals surface area (Å²) in [5.74, 6) is -0.612. The zero-order chi connectivity index (χ0) is 23.3. The molecule has 2 amide bonds. The first-order chi connectivity index (χ1) is 15.1. The number of rotatable bonds is 6. The summed E-state index contributed by atoms with van der Waals surface area (Å²) in [4.78, 5) is 27.1. The molecular weight excluding hydrogens is 429 g/mol. The molecule has 2 aromatic rings. The summed E-state index contributed by atoms with van der Waals surface area (Å²) in [6.07, 6.45) is 1.54. The highest BCUT2D eigenvalue weighted by Gasteiger charge is 2.27. The van der Waals surface area contributed by atoms with Crippen molar-refractivity contribution in [2.24, 2.45) is 5.92 Å². The lowest BCUT2D eigenvalue weighted by atomic mass is 9.94. The minimum Gasteiger partial charge on any atom is -0.351 e. The van der Waals surface area contributed by atoms with Crippen LogP contribution in [0.2, 0.25) is 5.02 Å². The molecule has 172 valence electrons. The fourth-order valence-electron chi connectivity index (χ4n) is 3.90. The van der Waals surface area contributed by atoms with E-state index in [2.05, 4.69) is 15.5 Å². The summed E-state index contributed by atoms with van der Waals surface area (Å²) >= 11 is 6.02. The average Bonchev–Trinajstić information content (AvgIpc) is 2.70. The van der Waals surface area contributed by atoms with Crippen LogP contribution in [0.1, 0.15) is 44.7 Å². The molecule has 1 heterocycles. The van der Waals surface area contributed by atoms with Crippen molar-refractivity contribution in [2.45, 2.75) is 52.1 Å². The predicted octanol–water partition coefficient (Wildman–Crippen LogP) is 4.79. The van der Waals surface area contributed by atoms with Crippen LogP contribution in [0.5, 0.6) is 0 Å². The Balaban J connectivity index is 1.52. The minimum atomic E-state index is -0.485. The van der Waals surface area contributed by atoms with Gasteiger partial charge in [0.15, 0.2) is 0 Å². The summed E-state index contributed by atoms with van der Waals surface area (Å²) in [6, 6.07) is 12.0. The van der Waals surface area contributed by atoms with Gasteiger partial charge >= 0.3 is 0 Å². The number of hydrogen-bond acceptors (Lipinski definition) is 3. The molecule has 0 aromatic heterocycles. The molecule has 3 rings (SSSR count). The van der Waals surface area contributed by atoms with Crippen LogP contribution in [-0.2, 0) is 22.6 Å². The molecule has 0 unspecified atom stereocenters. The molecule has 0 radical (unpaired) electrons. The highest BCUT2D eigenvalue weighted by molar-refractivity contribution is 6.31. The van der Waals surface area contributed by atoms with E-state index in [1.807, 2.05) is 45.0 Å². The van der Waals surface area contributed by atoms with E-state index in [0.29, 0.717) is 5.69 Å². The van der Waals surface area contributed by atoms with E-state index in [0.717, 1.165) is 38.0 Å².